The lowest BCUT2D eigenvalue weighted by atomic mass is 10.1. The number of hydrogen-bond acceptors (Lipinski definition) is 7. The molecule has 13 heteroatoms. The van der Waals surface area contributed by atoms with Gasteiger partial charge in [-0.1, -0.05) is 42.6 Å². The van der Waals surface area contributed by atoms with Gasteiger partial charge in [-0.3, -0.25) is 4.79 Å². The molecular weight excluding hydrogens is 553 g/mol. The van der Waals surface area contributed by atoms with Crippen LogP contribution in [0.25, 0.3) is 10.4 Å². The van der Waals surface area contributed by atoms with Gasteiger partial charge in [-0.05, 0) is 46.1 Å². The SMILES string of the molecule is CCCc1nc(C(=O)NC2CCS(=O)(=O)CC2)sc1-c1ccc(S(=O)(=O)NC(C)(C)C)c(Cl)c1Cl. The highest BCUT2D eigenvalue weighted by atomic mass is 35.5. The topological polar surface area (TPSA) is 122 Å². The monoisotopic (exact) mass is 581 g/mol. The fraction of sp³-hybridized carbons (Fsp3) is 0.545. The summed E-state index contributed by atoms with van der Waals surface area (Å²) in [6.07, 6.45) is 2.09. The Balaban J connectivity index is 1.93. The first-order valence-corrected chi connectivity index (χ1v) is 16.0. The van der Waals surface area contributed by atoms with Crippen LogP contribution in [0, 0.1) is 0 Å². The van der Waals surface area contributed by atoms with E-state index in [0.717, 1.165) is 17.8 Å². The van der Waals surface area contributed by atoms with E-state index in [-0.39, 0.29) is 43.4 Å². The van der Waals surface area contributed by atoms with E-state index in [9.17, 15) is 21.6 Å². The maximum absolute atomic E-state index is 12.9. The number of thiazole rings is 1. The number of sulfonamides is 1. The van der Waals surface area contributed by atoms with E-state index >= 15 is 0 Å². The van der Waals surface area contributed by atoms with E-state index in [4.69, 9.17) is 23.2 Å². The van der Waals surface area contributed by atoms with Crippen LogP contribution in [-0.2, 0) is 26.3 Å². The van der Waals surface area contributed by atoms with Crippen LogP contribution in [-0.4, -0.2) is 50.8 Å². The number of benzene rings is 1. The average Bonchev–Trinajstić information content (AvgIpc) is 3.13. The van der Waals surface area contributed by atoms with Gasteiger partial charge in [0, 0.05) is 17.1 Å². The zero-order chi connectivity index (χ0) is 26.2. The van der Waals surface area contributed by atoms with Crippen LogP contribution in [0.2, 0.25) is 10.0 Å². The van der Waals surface area contributed by atoms with Gasteiger partial charge in [-0.2, -0.15) is 0 Å². The fourth-order valence-electron chi connectivity index (χ4n) is 3.72. The molecular formula is C22H29Cl2N3O5S3. The molecule has 1 aliphatic heterocycles. The van der Waals surface area contributed by atoms with Gasteiger partial charge in [0.2, 0.25) is 10.0 Å². The Labute approximate surface area is 220 Å². The molecule has 8 nitrogen and oxygen atoms in total. The van der Waals surface area contributed by atoms with Gasteiger partial charge in [-0.15, -0.1) is 11.3 Å². The molecule has 0 spiro atoms. The number of carbonyl (C=O) groups excluding carboxylic acids is 1. The van der Waals surface area contributed by atoms with Gasteiger partial charge < -0.3 is 5.32 Å². The zero-order valence-electron chi connectivity index (χ0n) is 19.9. The van der Waals surface area contributed by atoms with Crippen LogP contribution in [0.4, 0.5) is 0 Å². The number of rotatable bonds is 7. The van der Waals surface area contributed by atoms with Crippen molar-refractivity contribution in [3.8, 4) is 10.4 Å². The number of sulfone groups is 1. The van der Waals surface area contributed by atoms with E-state index < -0.39 is 25.4 Å². The lowest BCUT2D eigenvalue weighted by Crippen LogP contribution is -2.40. The van der Waals surface area contributed by atoms with Gasteiger partial charge in [0.05, 0.1) is 32.1 Å². The molecule has 0 saturated carbocycles. The second-order valence-electron chi connectivity index (χ2n) is 9.54. The summed E-state index contributed by atoms with van der Waals surface area (Å²) >= 11 is 14.1. The molecule has 1 amide bonds. The molecule has 1 aromatic carbocycles. The first kappa shape index (κ1) is 28.3. The van der Waals surface area contributed by atoms with E-state index in [1.807, 2.05) is 6.92 Å². The Kier molecular flexibility index (Phi) is 8.60. The van der Waals surface area contributed by atoms with Crippen LogP contribution in [0.5, 0.6) is 0 Å². The maximum atomic E-state index is 12.9. The maximum Gasteiger partial charge on any atom is 0.280 e. The van der Waals surface area contributed by atoms with Crippen LogP contribution in [0.15, 0.2) is 17.0 Å². The van der Waals surface area contributed by atoms with Crippen molar-refractivity contribution in [1.29, 1.82) is 0 Å². The summed E-state index contributed by atoms with van der Waals surface area (Å²) < 4.78 is 51.5. The van der Waals surface area contributed by atoms with Gasteiger partial charge in [0.25, 0.3) is 5.91 Å². The van der Waals surface area contributed by atoms with Gasteiger partial charge in [0.1, 0.15) is 14.7 Å². The van der Waals surface area contributed by atoms with Gasteiger partial charge in [0.15, 0.2) is 5.01 Å². The molecule has 1 aromatic heterocycles. The summed E-state index contributed by atoms with van der Waals surface area (Å²) in [5, 5.41) is 3.07. The van der Waals surface area contributed by atoms with Crippen molar-refractivity contribution in [3.63, 3.8) is 0 Å². The van der Waals surface area contributed by atoms with Gasteiger partial charge >= 0.3 is 0 Å². The Bertz CT molecular complexity index is 1320. The smallest absolute Gasteiger partial charge is 0.280 e. The van der Waals surface area contributed by atoms with E-state index in [2.05, 4.69) is 15.0 Å². The Morgan fingerprint density at radius 2 is 1.80 bits per heavy atom. The third-order valence-corrected chi connectivity index (χ3v) is 10.9. The fourth-order valence-corrected chi connectivity index (χ4v) is 8.60. The minimum atomic E-state index is -3.91. The molecule has 3 rings (SSSR count). The third kappa shape index (κ3) is 6.95. The second kappa shape index (κ2) is 10.6. The molecule has 0 aliphatic carbocycles. The zero-order valence-corrected chi connectivity index (χ0v) is 23.9. The lowest BCUT2D eigenvalue weighted by molar-refractivity contribution is 0.0933. The molecule has 0 radical (unpaired) electrons. The van der Waals surface area contributed by atoms with E-state index in [1.54, 1.807) is 26.8 Å². The summed E-state index contributed by atoms with van der Waals surface area (Å²) in [6, 6.07) is 2.74. The van der Waals surface area contributed by atoms with Crippen molar-refractivity contribution < 1.29 is 21.6 Å². The molecule has 1 fully saturated rings. The number of hydrogen-bond donors (Lipinski definition) is 2. The first-order valence-electron chi connectivity index (χ1n) is 11.2. The molecule has 1 aliphatic rings. The number of halogens is 2. The first-order chi connectivity index (χ1) is 16.1. The number of aryl methyl sites for hydroxylation is 1. The Morgan fingerprint density at radius 1 is 1.17 bits per heavy atom. The number of nitrogens with zero attached hydrogens (tertiary/aromatic N) is 1. The molecule has 2 heterocycles. The Morgan fingerprint density at radius 3 is 2.37 bits per heavy atom. The highest BCUT2D eigenvalue weighted by molar-refractivity contribution is 7.91. The predicted octanol–water partition coefficient (Wildman–Crippen LogP) is 4.45. The molecule has 0 atom stereocenters. The van der Waals surface area contributed by atoms with Crippen molar-refractivity contribution >= 4 is 60.3 Å². The van der Waals surface area contributed by atoms with Crippen LogP contribution in [0.3, 0.4) is 0 Å². The molecule has 35 heavy (non-hydrogen) atoms. The largest absolute Gasteiger partial charge is 0.347 e. The molecule has 1 saturated heterocycles. The van der Waals surface area contributed by atoms with Crippen molar-refractivity contribution in [1.82, 2.24) is 15.0 Å². The molecule has 0 bridgehead atoms. The molecule has 2 aromatic rings. The van der Waals surface area contributed by atoms with Crippen molar-refractivity contribution in [2.24, 2.45) is 0 Å². The highest BCUT2D eigenvalue weighted by Gasteiger charge is 2.29. The third-order valence-electron chi connectivity index (χ3n) is 5.29. The summed E-state index contributed by atoms with van der Waals surface area (Å²) in [5.74, 6) is -0.274. The van der Waals surface area contributed by atoms with Gasteiger partial charge in [-0.25, -0.2) is 26.5 Å². The summed E-state index contributed by atoms with van der Waals surface area (Å²) in [5.41, 5.74) is 0.453. The number of aromatic nitrogens is 1. The predicted molar refractivity (Wildman–Crippen MR) is 141 cm³/mol. The number of nitrogens with one attached hydrogen (secondary N) is 2. The minimum Gasteiger partial charge on any atom is -0.347 e. The molecule has 0 unspecified atom stereocenters. The lowest BCUT2D eigenvalue weighted by Gasteiger charge is -2.22. The number of carbonyl (C=O) groups is 1. The van der Waals surface area contributed by atoms with Crippen molar-refractivity contribution in [3.05, 3.63) is 32.9 Å². The van der Waals surface area contributed by atoms with E-state index in [1.165, 1.54) is 6.07 Å². The molecule has 2 N–H and O–H groups in total. The van der Waals surface area contributed by atoms with Crippen molar-refractivity contribution in [2.45, 2.75) is 69.9 Å². The standard InChI is InChI=1S/C22H29Cl2N3O5S3/c1-5-6-15-19(33-21(26-15)20(28)25-13-9-11-34(29,30)12-10-13)14-7-8-16(18(24)17(14)23)35(31,32)27-22(2,3)4/h7-8,13,27H,5-6,9-12H2,1-4H3,(H,25,28). The quantitative estimate of drug-likeness (QED) is 0.498. The highest BCUT2D eigenvalue weighted by Crippen LogP contribution is 2.42. The van der Waals surface area contributed by atoms with Crippen LogP contribution in [0.1, 0.15) is 62.5 Å². The van der Waals surface area contributed by atoms with Crippen LogP contribution >= 0.6 is 34.5 Å². The summed E-state index contributed by atoms with van der Waals surface area (Å²) in [7, 11) is -6.94. The summed E-state index contributed by atoms with van der Waals surface area (Å²) in [4.78, 5) is 17.9. The molecule has 194 valence electrons. The van der Waals surface area contributed by atoms with E-state index in [0.29, 0.717) is 35.4 Å². The minimum absolute atomic E-state index is 0.0512. The van der Waals surface area contributed by atoms with Crippen LogP contribution < -0.4 is 10.0 Å². The second-order valence-corrected chi connectivity index (χ2v) is 15.2. The summed E-state index contributed by atoms with van der Waals surface area (Å²) in [6.45, 7) is 7.15. The van der Waals surface area contributed by atoms with Crippen molar-refractivity contribution in [2.75, 3.05) is 11.5 Å². The normalized spacial score (nSPS) is 16.9. The number of amides is 1. The average molecular weight is 583 g/mol. The Hall–Kier alpha value is -1.24.